The van der Waals surface area contributed by atoms with Gasteiger partial charge in [0.05, 0.1) is 16.9 Å². The zero-order valence-corrected chi connectivity index (χ0v) is 17.4. The van der Waals surface area contributed by atoms with E-state index < -0.39 is 0 Å². The maximum Gasteiger partial charge on any atom is 0.307 e. The van der Waals surface area contributed by atoms with E-state index in [2.05, 4.69) is 16.8 Å². The number of hydrogen-bond acceptors (Lipinski definition) is 5. The van der Waals surface area contributed by atoms with Crippen molar-refractivity contribution in [2.75, 3.05) is 38.1 Å². The van der Waals surface area contributed by atoms with Crippen LogP contribution in [0.5, 0.6) is 11.8 Å². The molecule has 1 aliphatic rings. The molecule has 6 heteroatoms. The number of aldehydes is 1. The van der Waals surface area contributed by atoms with Crippen molar-refractivity contribution in [2.45, 2.75) is 0 Å². The van der Waals surface area contributed by atoms with Crippen LogP contribution in [0.4, 0.5) is 5.69 Å². The van der Waals surface area contributed by atoms with Gasteiger partial charge in [0.25, 0.3) is 0 Å². The van der Waals surface area contributed by atoms with Gasteiger partial charge < -0.3 is 14.5 Å². The van der Waals surface area contributed by atoms with Crippen LogP contribution in [0.2, 0.25) is 0 Å². The average Bonchev–Trinajstić information content (AvgIpc) is 3.18. The van der Waals surface area contributed by atoms with Crippen LogP contribution in [-0.2, 0) is 0 Å². The van der Waals surface area contributed by atoms with Gasteiger partial charge in [-0.2, -0.15) is 4.98 Å². The first-order valence-electron chi connectivity index (χ1n) is 10.5. The molecule has 0 saturated carbocycles. The van der Waals surface area contributed by atoms with Gasteiger partial charge in [-0.05, 0) is 43.4 Å². The van der Waals surface area contributed by atoms with E-state index in [9.17, 15) is 4.79 Å². The molecular weight excluding hydrogens is 388 g/mol. The molecule has 31 heavy (non-hydrogen) atoms. The topological polar surface area (TPSA) is 50.6 Å². The molecule has 0 amide bonds. The molecule has 1 fully saturated rings. The molecule has 0 spiro atoms. The molecule has 0 unspecified atom stereocenters. The number of fused-ring (bicyclic) bond motifs is 1. The van der Waals surface area contributed by atoms with E-state index >= 15 is 0 Å². The summed E-state index contributed by atoms with van der Waals surface area (Å²) in [5, 5.41) is 0. The first kappa shape index (κ1) is 19.3. The van der Waals surface area contributed by atoms with E-state index in [1.165, 1.54) is 0 Å². The Labute approximate surface area is 181 Å². The number of nitrogens with zero attached hydrogens (tertiary/aromatic N) is 4. The zero-order valence-electron chi connectivity index (χ0n) is 17.4. The second-order valence-electron chi connectivity index (χ2n) is 7.76. The number of piperazine rings is 1. The Hall–Kier alpha value is -3.64. The van der Waals surface area contributed by atoms with Crippen LogP contribution in [0.1, 0.15) is 10.4 Å². The number of aromatic nitrogens is 2. The van der Waals surface area contributed by atoms with E-state index in [1.807, 2.05) is 77.4 Å². The standard InChI is InChI=1S/C25H24N4O2/c1-27-14-16-28(17-15-27)24-19(18-30)12-13-22-23(24)26-25(31-21-10-6-3-7-11-21)29(22)20-8-4-2-5-9-20/h2-13,18H,14-17H2,1H3. The highest BCUT2D eigenvalue weighted by Gasteiger charge is 2.24. The molecule has 0 atom stereocenters. The number of hydrogen-bond donors (Lipinski definition) is 0. The van der Waals surface area contributed by atoms with E-state index in [1.54, 1.807) is 0 Å². The van der Waals surface area contributed by atoms with Gasteiger partial charge in [-0.1, -0.05) is 36.4 Å². The second kappa shape index (κ2) is 8.24. The van der Waals surface area contributed by atoms with Gasteiger partial charge in [0, 0.05) is 31.7 Å². The minimum Gasteiger partial charge on any atom is -0.425 e. The quantitative estimate of drug-likeness (QED) is 0.455. The summed E-state index contributed by atoms with van der Waals surface area (Å²) in [7, 11) is 2.12. The maximum absolute atomic E-state index is 11.9. The van der Waals surface area contributed by atoms with Gasteiger partial charge in [-0.15, -0.1) is 0 Å². The molecule has 4 aromatic rings. The number of rotatable bonds is 5. The lowest BCUT2D eigenvalue weighted by molar-refractivity contribution is 0.112. The molecule has 1 aliphatic heterocycles. The lowest BCUT2D eigenvalue weighted by Gasteiger charge is -2.34. The molecule has 0 radical (unpaired) electrons. The highest BCUT2D eigenvalue weighted by atomic mass is 16.5. The Kier molecular flexibility index (Phi) is 5.14. The summed E-state index contributed by atoms with van der Waals surface area (Å²) < 4.78 is 8.23. The Morgan fingerprint density at radius 2 is 1.55 bits per heavy atom. The first-order chi connectivity index (χ1) is 15.2. The molecule has 1 aromatic heterocycles. The SMILES string of the molecule is CN1CCN(c2c(C=O)ccc3c2nc(Oc2ccccc2)n3-c2ccccc2)CC1. The predicted molar refractivity (Wildman–Crippen MR) is 123 cm³/mol. The third-order valence-corrected chi connectivity index (χ3v) is 5.71. The van der Waals surface area contributed by atoms with Crippen LogP contribution in [0, 0.1) is 0 Å². The van der Waals surface area contributed by atoms with Crippen LogP contribution in [0.25, 0.3) is 16.7 Å². The van der Waals surface area contributed by atoms with Crippen molar-refractivity contribution in [2.24, 2.45) is 0 Å². The van der Waals surface area contributed by atoms with Gasteiger partial charge in [0.15, 0.2) is 6.29 Å². The number of anilines is 1. The van der Waals surface area contributed by atoms with E-state index in [-0.39, 0.29) is 0 Å². The minimum atomic E-state index is 0.478. The fraction of sp³-hybridized carbons (Fsp3) is 0.200. The van der Waals surface area contributed by atoms with Crippen molar-refractivity contribution in [3.63, 3.8) is 0 Å². The summed E-state index contributed by atoms with van der Waals surface area (Å²) in [5.41, 5.74) is 4.19. The predicted octanol–water partition coefficient (Wildman–Crippen LogP) is 4.38. The van der Waals surface area contributed by atoms with Crippen LogP contribution < -0.4 is 9.64 Å². The number of ether oxygens (including phenoxy) is 1. The summed E-state index contributed by atoms with van der Waals surface area (Å²) in [6.45, 7) is 3.59. The van der Waals surface area contributed by atoms with Crippen LogP contribution >= 0.6 is 0 Å². The third kappa shape index (κ3) is 3.66. The smallest absolute Gasteiger partial charge is 0.307 e. The number of carbonyl (C=O) groups is 1. The Morgan fingerprint density at radius 3 is 2.23 bits per heavy atom. The number of para-hydroxylation sites is 2. The highest BCUT2D eigenvalue weighted by molar-refractivity contribution is 6.00. The Bertz CT molecular complexity index is 1200. The van der Waals surface area contributed by atoms with Gasteiger partial charge in [-0.3, -0.25) is 9.36 Å². The van der Waals surface area contributed by atoms with Crippen molar-refractivity contribution in [3.05, 3.63) is 78.4 Å². The lowest BCUT2D eigenvalue weighted by atomic mass is 10.1. The summed E-state index contributed by atoms with van der Waals surface area (Å²) in [6, 6.07) is 24.0. The van der Waals surface area contributed by atoms with Crippen LogP contribution in [0.15, 0.2) is 72.8 Å². The van der Waals surface area contributed by atoms with Gasteiger partial charge in [0.2, 0.25) is 0 Å². The first-order valence-corrected chi connectivity index (χ1v) is 10.5. The molecule has 0 bridgehead atoms. The average molecular weight is 412 g/mol. The van der Waals surface area contributed by atoms with Gasteiger partial charge in [0.1, 0.15) is 11.3 Å². The molecule has 6 nitrogen and oxygen atoms in total. The number of benzene rings is 3. The van der Waals surface area contributed by atoms with Crippen molar-refractivity contribution in [1.29, 1.82) is 0 Å². The largest absolute Gasteiger partial charge is 0.425 e. The number of imidazole rings is 1. The minimum absolute atomic E-state index is 0.478. The molecule has 0 N–H and O–H groups in total. The Balaban J connectivity index is 1.72. The maximum atomic E-state index is 11.9. The summed E-state index contributed by atoms with van der Waals surface area (Å²) in [5.74, 6) is 0.715. The van der Waals surface area contributed by atoms with E-state index in [4.69, 9.17) is 9.72 Å². The van der Waals surface area contributed by atoms with Crippen molar-refractivity contribution in [1.82, 2.24) is 14.5 Å². The number of carbonyl (C=O) groups excluding carboxylic acids is 1. The fourth-order valence-electron chi connectivity index (χ4n) is 4.07. The third-order valence-electron chi connectivity index (χ3n) is 5.71. The van der Waals surface area contributed by atoms with E-state index in [0.717, 1.165) is 54.9 Å². The monoisotopic (exact) mass is 412 g/mol. The Morgan fingerprint density at radius 1 is 0.871 bits per heavy atom. The van der Waals surface area contributed by atoms with Crippen LogP contribution in [0.3, 0.4) is 0 Å². The normalized spacial score (nSPS) is 14.7. The molecule has 1 saturated heterocycles. The summed E-state index contributed by atoms with van der Waals surface area (Å²) >= 11 is 0. The lowest BCUT2D eigenvalue weighted by Crippen LogP contribution is -2.44. The molecule has 2 heterocycles. The van der Waals surface area contributed by atoms with Gasteiger partial charge >= 0.3 is 6.01 Å². The molecular formula is C25H24N4O2. The second-order valence-corrected chi connectivity index (χ2v) is 7.76. The summed E-state index contributed by atoms with van der Waals surface area (Å²) in [4.78, 5) is 21.4. The fourth-order valence-corrected chi connectivity index (χ4v) is 4.07. The zero-order chi connectivity index (χ0) is 21.2. The van der Waals surface area contributed by atoms with E-state index in [0.29, 0.717) is 17.3 Å². The van der Waals surface area contributed by atoms with Gasteiger partial charge in [-0.25, -0.2) is 0 Å². The van der Waals surface area contributed by atoms with Crippen molar-refractivity contribution in [3.8, 4) is 17.4 Å². The molecule has 0 aliphatic carbocycles. The van der Waals surface area contributed by atoms with Crippen molar-refractivity contribution >= 4 is 23.0 Å². The van der Waals surface area contributed by atoms with Crippen LogP contribution in [-0.4, -0.2) is 54.0 Å². The number of likely N-dealkylation sites (N-methyl/N-ethyl adjacent to an activating group) is 1. The molecule has 3 aromatic carbocycles. The molecule has 156 valence electrons. The highest BCUT2D eigenvalue weighted by Crippen LogP contribution is 2.36. The van der Waals surface area contributed by atoms with Crippen molar-refractivity contribution < 1.29 is 9.53 Å². The summed E-state index contributed by atoms with van der Waals surface area (Å²) in [6.07, 6.45) is 0.923. The molecule has 5 rings (SSSR count).